The standard InChI is InChI=1S/C28H18F7N5O3/c29-25(30)27(31,32)15-42-19-11-17(12-20(13-19)43-18-9-5-2-6-10-18)36-24(41)23-38-26-37-21(16-7-3-1-4-8-16)14-22(28(33,34)35)40(26)39-23/h1-14,25H,15H2,(H,36,41). The summed E-state index contributed by atoms with van der Waals surface area (Å²) in [6.45, 7) is -1.68. The summed E-state index contributed by atoms with van der Waals surface area (Å²) < 4.78 is 105. The summed E-state index contributed by atoms with van der Waals surface area (Å²) >= 11 is 0. The zero-order chi connectivity index (χ0) is 30.8. The third kappa shape index (κ3) is 6.82. The zero-order valence-electron chi connectivity index (χ0n) is 21.5. The lowest BCUT2D eigenvalue weighted by atomic mass is 10.1. The van der Waals surface area contributed by atoms with Crippen molar-refractivity contribution in [2.45, 2.75) is 18.5 Å². The Bertz CT molecular complexity index is 1750. The van der Waals surface area contributed by atoms with E-state index in [9.17, 15) is 35.5 Å². The zero-order valence-corrected chi connectivity index (χ0v) is 21.5. The highest BCUT2D eigenvalue weighted by Crippen LogP contribution is 2.33. The van der Waals surface area contributed by atoms with E-state index in [0.29, 0.717) is 15.8 Å². The first-order valence-corrected chi connectivity index (χ1v) is 12.3. The monoisotopic (exact) mass is 605 g/mol. The van der Waals surface area contributed by atoms with E-state index in [4.69, 9.17) is 9.47 Å². The third-order valence-corrected chi connectivity index (χ3v) is 5.74. The van der Waals surface area contributed by atoms with Gasteiger partial charge in [-0.15, -0.1) is 5.10 Å². The second-order valence-corrected chi connectivity index (χ2v) is 8.95. The van der Waals surface area contributed by atoms with Crippen LogP contribution >= 0.6 is 0 Å². The molecular formula is C28H18F7N5O3. The Balaban J connectivity index is 1.47. The van der Waals surface area contributed by atoms with Crippen molar-refractivity contribution >= 4 is 17.4 Å². The highest BCUT2D eigenvalue weighted by molar-refractivity contribution is 6.02. The average molecular weight is 605 g/mol. The van der Waals surface area contributed by atoms with E-state index < -0.39 is 48.3 Å². The van der Waals surface area contributed by atoms with Gasteiger partial charge in [0.1, 0.15) is 17.2 Å². The number of nitrogens with zero attached hydrogens (tertiary/aromatic N) is 4. The second kappa shape index (κ2) is 11.6. The van der Waals surface area contributed by atoms with Crippen LogP contribution in [0.5, 0.6) is 17.2 Å². The molecule has 0 aliphatic rings. The van der Waals surface area contributed by atoms with Gasteiger partial charge in [-0.3, -0.25) is 4.79 Å². The van der Waals surface area contributed by atoms with Gasteiger partial charge in [0, 0.05) is 29.4 Å². The normalized spacial score (nSPS) is 12.0. The van der Waals surface area contributed by atoms with Gasteiger partial charge in [-0.25, -0.2) is 13.8 Å². The first-order chi connectivity index (χ1) is 20.4. The largest absolute Gasteiger partial charge is 0.487 e. The molecule has 2 heterocycles. The predicted octanol–water partition coefficient (Wildman–Crippen LogP) is 7.13. The molecule has 0 saturated heterocycles. The molecule has 3 aromatic carbocycles. The van der Waals surface area contributed by atoms with Gasteiger partial charge in [-0.1, -0.05) is 48.5 Å². The third-order valence-electron chi connectivity index (χ3n) is 5.74. The molecule has 0 aliphatic carbocycles. The van der Waals surface area contributed by atoms with Crippen LogP contribution < -0.4 is 14.8 Å². The molecule has 43 heavy (non-hydrogen) atoms. The van der Waals surface area contributed by atoms with E-state index in [-0.39, 0.29) is 22.9 Å². The minimum Gasteiger partial charge on any atom is -0.487 e. The fraction of sp³-hybridized carbons (Fsp3) is 0.143. The van der Waals surface area contributed by atoms with E-state index in [1.807, 2.05) is 0 Å². The van der Waals surface area contributed by atoms with Crippen molar-refractivity contribution in [1.29, 1.82) is 0 Å². The molecule has 0 bridgehead atoms. The Morgan fingerprint density at radius 3 is 2.14 bits per heavy atom. The van der Waals surface area contributed by atoms with Crippen molar-refractivity contribution in [3.8, 4) is 28.5 Å². The molecule has 0 unspecified atom stereocenters. The number of aromatic nitrogens is 4. The molecule has 5 rings (SSSR count). The van der Waals surface area contributed by atoms with Gasteiger partial charge in [0.05, 0.1) is 5.69 Å². The molecule has 0 radical (unpaired) electrons. The van der Waals surface area contributed by atoms with Crippen molar-refractivity contribution in [3.05, 3.63) is 96.4 Å². The highest BCUT2D eigenvalue weighted by atomic mass is 19.4. The maximum atomic E-state index is 13.9. The summed E-state index contributed by atoms with van der Waals surface area (Å²) in [6.07, 6.45) is -8.88. The molecule has 1 N–H and O–H groups in total. The minimum atomic E-state index is -4.89. The average Bonchev–Trinajstić information content (AvgIpc) is 3.40. The molecule has 0 atom stereocenters. The van der Waals surface area contributed by atoms with E-state index in [1.165, 1.54) is 6.07 Å². The lowest BCUT2D eigenvalue weighted by Crippen LogP contribution is -2.33. The molecule has 222 valence electrons. The number of carbonyl (C=O) groups excluding carboxylic acids is 1. The Kier molecular flexibility index (Phi) is 7.89. The number of alkyl halides is 7. The minimum absolute atomic E-state index is 0.0455. The molecule has 0 fully saturated rings. The van der Waals surface area contributed by atoms with Gasteiger partial charge in [0.25, 0.3) is 11.7 Å². The maximum absolute atomic E-state index is 13.9. The molecule has 15 heteroatoms. The number of nitrogens with one attached hydrogen (secondary N) is 1. The Morgan fingerprint density at radius 1 is 0.837 bits per heavy atom. The van der Waals surface area contributed by atoms with Gasteiger partial charge in [0.15, 0.2) is 12.3 Å². The molecule has 0 saturated carbocycles. The number of halogens is 7. The van der Waals surface area contributed by atoms with Crippen molar-refractivity contribution in [2.24, 2.45) is 0 Å². The summed E-state index contributed by atoms with van der Waals surface area (Å²) in [5.41, 5.74) is -1.09. The van der Waals surface area contributed by atoms with Crippen LogP contribution in [0.4, 0.5) is 36.4 Å². The Morgan fingerprint density at radius 2 is 1.49 bits per heavy atom. The lowest BCUT2D eigenvalue weighted by Gasteiger charge is -2.17. The van der Waals surface area contributed by atoms with Crippen molar-refractivity contribution in [1.82, 2.24) is 19.6 Å². The smallest absolute Gasteiger partial charge is 0.433 e. The maximum Gasteiger partial charge on any atom is 0.433 e. The number of para-hydroxylation sites is 1. The van der Waals surface area contributed by atoms with Crippen LogP contribution in [-0.2, 0) is 6.18 Å². The van der Waals surface area contributed by atoms with Crippen molar-refractivity contribution in [2.75, 3.05) is 11.9 Å². The summed E-state index contributed by atoms with van der Waals surface area (Å²) in [6, 6.07) is 20.3. The van der Waals surface area contributed by atoms with E-state index >= 15 is 0 Å². The van der Waals surface area contributed by atoms with Gasteiger partial charge in [0.2, 0.25) is 5.82 Å². The molecule has 5 aromatic rings. The quantitative estimate of drug-likeness (QED) is 0.180. The van der Waals surface area contributed by atoms with Gasteiger partial charge < -0.3 is 14.8 Å². The fourth-order valence-electron chi connectivity index (χ4n) is 3.76. The lowest BCUT2D eigenvalue weighted by molar-refractivity contribution is -0.148. The SMILES string of the molecule is O=C(Nc1cc(OCC(F)(F)C(F)F)cc(Oc2ccccc2)c1)c1nc2nc(-c3ccccc3)cc(C(F)(F)F)n2n1. The number of anilines is 1. The first kappa shape index (κ1) is 29.3. The Hall–Kier alpha value is -5.21. The molecule has 0 spiro atoms. The van der Waals surface area contributed by atoms with E-state index in [1.54, 1.807) is 60.7 Å². The van der Waals surface area contributed by atoms with Gasteiger partial charge in [-0.05, 0) is 18.2 Å². The van der Waals surface area contributed by atoms with E-state index in [2.05, 4.69) is 20.4 Å². The van der Waals surface area contributed by atoms with Crippen LogP contribution in [0.25, 0.3) is 17.0 Å². The van der Waals surface area contributed by atoms with Crippen molar-refractivity contribution in [3.63, 3.8) is 0 Å². The number of carbonyl (C=O) groups is 1. The van der Waals surface area contributed by atoms with Gasteiger partial charge >= 0.3 is 18.5 Å². The number of rotatable bonds is 9. The fourth-order valence-corrected chi connectivity index (χ4v) is 3.76. The number of ether oxygens (including phenoxy) is 2. The van der Waals surface area contributed by atoms with Crippen LogP contribution in [0.2, 0.25) is 0 Å². The van der Waals surface area contributed by atoms with Crippen LogP contribution in [-0.4, -0.2) is 44.4 Å². The van der Waals surface area contributed by atoms with Crippen molar-refractivity contribution < 1.29 is 45.0 Å². The summed E-state index contributed by atoms with van der Waals surface area (Å²) in [7, 11) is 0. The first-order valence-electron chi connectivity index (χ1n) is 12.3. The molecular weight excluding hydrogens is 587 g/mol. The summed E-state index contributed by atoms with van der Waals surface area (Å²) in [5, 5.41) is 6.00. The number of benzene rings is 3. The van der Waals surface area contributed by atoms with Crippen LogP contribution in [0.1, 0.15) is 16.3 Å². The number of fused-ring (bicyclic) bond motifs is 1. The molecule has 8 nitrogen and oxygen atoms in total. The predicted molar refractivity (Wildman–Crippen MR) is 139 cm³/mol. The Labute approximate surface area is 237 Å². The number of hydrogen-bond donors (Lipinski definition) is 1. The number of hydrogen-bond acceptors (Lipinski definition) is 6. The van der Waals surface area contributed by atoms with Crippen LogP contribution in [0.3, 0.4) is 0 Å². The second-order valence-electron chi connectivity index (χ2n) is 8.95. The topological polar surface area (TPSA) is 90.6 Å². The summed E-state index contributed by atoms with van der Waals surface area (Å²) in [4.78, 5) is 21.0. The van der Waals surface area contributed by atoms with Gasteiger partial charge in [-0.2, -0.15) is 31.5 Å². The summed E-state index contributed by atoms with van der Waals surface area (Å²) in [5.74, 6) is -6.90. The van der Waals surface area contributed by atoms with E-state index in [0.717, 1.165) is 18.2 Å². The molecule has 0 aliphatic heterocycles. The van der Waals surface area contributed by atoms with Crippen LogP contribution in [0, 0.1) is 0 Å². The molecule has 2 aromatic heterocycles. The number of amides is 1. The molecule has 1 amide bonds. The van der Waals surface area contributed by atoms with Crippen LogP contribution in [0.15, 0.2) is 84.9 Å². The highest BCUT2D eigenvalue weighted by Gasteiger charge is 2.42.